The van der Waals surface area contributed by atoms with Crippen molar-refractivity contribution in [2.75, 3.05) is 32.1 Å². The molecule has 1 heterocycles. The number of anilines is 1. The minimum Gasteiger partial charge on any atom is -0.497 e. The largest absolute Gasteiger partial charge is 0.497 e. The molecule has 1 saturated heterocycles. The summed E-state index contributed by atoms with van der Waals surface area (Å²) < 4.78 is 47.8. The number of nitrogens with one attached hydrogen (secondary N) is 1. The van der Waals surface area contributed by atoms with Crippen LogP contribution in [-0.4, -0.2) is 49.7 Å². The number of halogens is 2. The first-order valence-electron chi connectivity index (χ1n) is 8.92. The van der Waals surface area contributed by atoms with Gasteiger partial charge in [0.15, 0.2) is 0 Å². The summed E-state index contributed by atoms with van der Waals surface area (Å²) in [6.07, 6.45) is 0.593. The van der Waals surface area contributed by atoms with Crippen LogP contribution in [0.3, 0.4) is 0 Å². The summed E-state index contributed by atoms with van der Waals surface area (Å²) in [6, 6.07) is 11.4. The molecule has 0 unspecified atom stereocenters. The van der Waals surface area contributed by atoms with Crippen LogP contribution < -0.4 is 10.1 Å². The number of carbonyl (C=O) groups is 1. The van der Waals surface area contributed by atoms with Crippen molar-refractivity contribution < 1.29 is 22.3 Å². The first-order valence-corrected chi connectivity index (χ1v) is 11.1. The lowest BCUT2D eigenvalue weighted by Gasteiger charge is -2.34. The van der Waals surface area contributed by atoms with Crippen molar-refractivity contribution in [3.05, 3.63) is 58.3 Å². The van der Waals surface area contributed by atoms with Crippen molar-refractivity contribution in [1.29, 1.82) is 0 Å². The minimum atomic E-state index is -3.81. The fraction of sp³-hybridized carbons (Fsp3) is 0.316. The maximum absolute atomic E-state index is 13.9. The van der Waals surface area contributed by atoms with Gasteiger partial charge in [-0.15, -0.1) is 0 Å². The van der Waals surface area contributed by atoms with Gasteiger partial charge in [-0.3, -0.25) is 4.79 Å². The van der Waals surface area contributed by atoms with E-state index in [2.05, 4.69) is 21.2 Å². The first-order chi connectivity index (χ1) is 13.8. The number of benzene rings is 2. The summed E-state index contributed by atoms with van der Waals surface area (Å²) in [5, 5.41) is 2.43. The zero-order valence-corrected chi connectivity index (χ0v) is 18.2. The number of hydrogen-bond acceptors (Lipinski definition) is 4. The molecule has 156 valence electrons. The van der Waals surface area contributed by atoms with Gasteiger partial charge in [0.05, 0.1) is 19.3 Å². The van der Waals surface area contributed by atoms with Gasteiger partial charge in [-0.2, -0.15) is 17.0 Å². The maximum Gasteiger partial charge on any atom is 0.282 e. The molecule has 10 heteroatoms. The van der Waals surface area contributed by atoms with Crippen LogP contribution in [0.15, 0.2) is 46.9 Å². The van der Waals surface area contributed by atoms with E-state index in [1.54, 1.807) is 37.4 Å². The van der Waals surface area contributed by atoms with Gasteiger partial charge >= 0.3 is 0 Å². The maximum atomic E-state index is 13.9. The van der Waals surface area contributed by atoms with E-state index in [1.807, 2.05) is 0 Å². The summed E-state index contributed by atoms with van der Waals surface area (Å²) in [5.74, 6) is -0.509. The van der Waals surface area contributed by atoms with E-state index in [0.717, 1.165) is 9.87 Å². The van der Waals surface area contributed by atoms with Gasteiger partial charge in [-0.1, -0.05) is 28.1 Å². The van der Waals surface area contributed by atoms with E-state index in [-0.39, 0.29) is 25.3 Å². The van der Waals surface area contributed by atoms with E-state index >= 15 is 0 Å². The van der Waals surface area contributed by atoms with Crippen molar-refractivity contribution in [3.8, 4) is 5.75 Å². The van der Waals surface area contributed by atoms with Gasteiger partial charge in [-0.25, -0.2) is 4.39 Å². The number of carbonyl (C=O) groups excluding carboxylic acids is 1. The Labute approximate surface area is 177 Å². The standard InChI is InChI=1S/C19H21BrFN3O4S/c1-28-16-6-3-14(4-7-16)12-23-9-2-10-24(29(23,26)27)13-19(25)22-18-8-5-15(20)11-17(18)21/h3-8,11H,2,9-10,12-13H2,1H3,(H,22,25). The third-order valence-electron chi connectivity index (χ3n) is 4.51. The van der Waals surface area contributed by atoms with Gasteiger partial charge < -0.3 is 10.1 Å². The highest BCUT2D eigenvalue weighted by atomic mass is 79.9. The highest BCUT2D eigenvalue weighted by Crippen LogP contribution is 2.22. The highest BCUT2D eigenvalue weighted by Gasteiger charge is 2.34. The molecule has 2 aromatic rings. The van der Waals surface area contributed by atoms with Crippen molar-refractivity contribution in [2.24, 2.45) is 0 Å². The fourth-order valence-electron chi connectivity index (χ4n) is 3.01. The Bertz CT molecular complexity index is 985. The zero-order chi connectivity index (χ0) is 21.0. The van der Waals surface area contributed by atoms with E-state index < -0.39 is 21.9 Å². The molecular formula is C19H21BrFN3O4S. The molecule has 0 bridgehead atoms. The summed E-state index contributed by atoms with van der Waals surface area (Å²) in [7, 11) is -2.25. The molecule has 2 aromatic carbocycles. The van der Waals surface area contributed by atoms with E-state index in [1.165, 1.54) is 16.4 Å². The Balaban J connectivity index is 1.66. The average molecular weight is 486 g/mol. The smallest absolute Gasteiger partial charge is 0.282 e. The topological polar surface area (TPSA) is 79.0 Å². The van der Waals surface area contributed by atoms with Gasteiger partial charge in [0.2, 0.25) is 5.91 Å². The molecule has 1 fully saturated rings. The quantitative estimate of drug-likeness (QED) is 0.681. The number of amides is 1. The normalized spacial score (nSPS) is 17.1. The van der Waals surface area contributed by atoms with Crippen LogP contribution in [-0.2, 0) is 21.5 Å². The Morgan fingerprint density at radius 1 is 1.17 bits per heavy atom. The lowest BCUT2D eigenvalue weighted by Crippen LogP contribution is -2.51. The van der Waals surface area contributed by atoms with Crippen LogP contribution in [0.25, 0.3) is 0 Å². The summed E-state index contributed by atoms with van der Waals surface area (Å²) in [5.41, 5.74) is 0.820. The molecule has 0 spiro atoms. The Kier molecular flexibility index (Phi) is 6.89. The molecule has 1 aliphatic heterocycles. The van der Waals surface area contributed by atoms with E-state index in [0.29, 0.717) is 23.2 Å². The highest BCUT2D eigenvalue weighted by molar-refractivity contribution is 9.10. The van der Waals surface area contributed by atoms with Crippen LogP contribution in [0, 0.1) is 5.82 Å². The average Bonchev–Trinajstić information content (AvgIpc) is 2.68. The third kappa shape index (κ3) is 5.33. The molecule has 29 heavy (non-hydrogen) atoms. The number of rotatable bonds is 6. The van der Waals surface area contributed by atoms with Gasteiger partial charge in [-0.05, 0) is 42.3 Å². The molecular weight excluding hydrogens is 465 g/mol. The predicted molar refractivity (Wildman–Crippen MR) is 111 cm³/mol. The van der Waals surface area contributed by atoms with Crippen LogP contribution in [0.2, 0.25) is 0 Å². The van der Waals surface area contributed by atoms with Crippen molar-refractivity contribution >= 4 is 37.7 Å². The second kappa shape index (κ2) is 9.21. The molecule has 0 saturated carbocycles. The predicted octanol–water partition coefficient (Wildman–Crippen LogP) is 2.99. The molecule has 0 aliphatic carbocycles. The van der Waals surface area contributed by atoms with E-state index in [9.17, 15) is 17.6 Å². The molecule has 3 rings (SSSR count). The number of methoxy groups -OCH3 is 1. The van der Waals surface area contributed by atoms with Crippen molar-refractivity contribution in [2.45, 2.75) is 13.0 Å². The third-order valence-corrected chi connectivity index (χ3v) is 6.93. The molecule has 0 atom stereocenters. The molecule has 7 nitrogen and oxygen atoms in total. The summed E-state index contributed by atoms with van der Waals surface area (Å²) >= 11 is 3.15. The Morgan fingerprint density at radius 2 is 1.86 bits per heavy atom. The second-order valence-electron chi connectivity index (χ2n) is 6.55. The zero-order valence-electron chi connectivity index (χ0n) is 15.8. The molecule has 1 amide bonds. The fourth-order valence-corrected chi connectivity index (χ4v) is 4.99. The Morgan fingerprint density at radius 3 is 2.52 bits per heavy atom. The lowest BCUT2D eigenvalue weighted by atomic mass is 10.2. The number of ether oxygens (including phenoxy) is 1. The number of hydrogen-bond donors (Lipinski definition) is 1. The van der Waals surface area contributed by atoms with E-state index in [4.69, 9.17) is 4.74 Å². The van der Waals surface area contributed by atoms with Gasteiger partial charge in [0, 0.05) is 24.1 Å². The van der Waals surface area contributed by atoms with Gasteiger partial charge in [0.25, 0.3) is 10.2 Å². The van der Waals surface area contributed by atoms with Crippen LogP contribution >= 0.6 is 15.9 Å². The van der Waals surface area contributed by atoms with Crippen LogP contribution in [0.5, 0.6) is 5.75 Å². The Hall–Kier alpha value is -2.01. The van der Waals surface area contributed by atoms with Crippen LogP contribution in [0.1, 0.15) is 12.0 Å². The SMILES string of the molecule is COc1ccc(CN2CCCN(CC(=O)Nc3ccc(Br)cc3F)S2(=O)=O)cc1. The molecule has 0 radical (unpaired) electrons. The van der Waals surface area contributed by atoms with Crippen LogP contribution in [0.4, 0.5) is 10.1 Å². The molecule has 0 aromatic heterocycles. The lowest BCUT2D eigenvalue weighted by molar-refractivity contribution is -0.116. The molecule has 1 N–H and O–H groups in total. The van der Waals surface area contributed by atoms with Crippen molar-refractivity contribution in [3.63, 3.8) is 0 Å². The summed E-state index contributed by atoms with van der Waals surface area (Å²) in [6.45, 7) is 0.425. The number of nitrogens with zero attached hydrogens (tertiary/aromatic N) is 2. The monoisotopic (exact) mass is 485 g/mol. The second-order valence-corrected chi connectivity index (χ2v) is 9.39. The van der Waals surface area contributed by atoms with Crippen molar-refractivity contribution in [1.82, 2.24) is 8.61 Å². The van der Waals surface area contributed by atoms with Gasteiger partial charge in [0.1, 0.15) is 11.6 Å². The summed E-state index contributed by atoms with van der Waals surface area (Å²) in [4.78, 5) is 12.3. The minimum absolute atomic E-state index is 0.00250. The first kappa shape index (κ1) is 21.7. The molecule has 1 aliphatic rings.